The molecule has 2 amide bonds. The van der Waals surface area contributed by atoms with Crippen LogP contribution in [0.1, 0.15) is 22.3 Å². The van der Waals surface area contributed by atoms with Crippen LogP contribution in [0.15, 0.2) is 40.9 Å². The molecule has 0 aromatic heterocycles. The summed E-state index contributed by atoms with van der Waals surface area (Å²) in [5.74, 6) is -0.778. The van der Waals surface area contributed by atoms with Gasteiger partial charge in [-0.2, -0.15) is 0 Å². The van der Waals surface area contributed by atoms with Crippen molar-refractivity contribution in [2.24, 2.45) is 0 Å². The molecule has 5 N–H and O–H groups in total. The number of halogens is 2. The van der Waals surface area contributed by atoms with Gasteiger partial charge in [-0.3, -0.25) is 9.59 Å². The van der Waals surface area contributed by atoms with Crippen LogP contribution in [0.25, 0.3) is 0 Å². The first-order valence-corrected chi connectivity index (χ1v) is 8.60. The summed E-state index contributed by atoms with van der Waals surface area (Å²) < 4.78 is 0.557. The van der Waals surface area contributed by atoms with Crippen molar-refractivity contribution in [1.29, 1.82) is 0 Å². The Labute approximate surface area is 158 Å². The molecule has 8 heteroatoms. The van der Waals surface area contributed by atoms with E-state index in [1.807, 2.05) is 12.1 Å². The summed E-state index contributed by atoms with van der Waals surface area (Å²) in [4.78, 5) is 24.2. The Morgan fingerprint density at radius 2 is 1.88 bits per heavy atom. The molecule has 0 fully saturated rings. The minimum Gasteiger partial charge on any atom is -0.398 e. The highest BCUT2D eigenvalue weighted by Gasteiger charge is 2.16. The van der Waals surface area contributed by atoms with E-state index in [0.717, 1.165) is 5.56 Å². The van der Waals surface area contributed by atoms with E-state index in [-0.39, 0.29) is 24.5 Å². The fourth-order valence-electron chi connectivity index (χ4n) is 2.08. The second-order valence-corrected chi connectivity index (χ2v) is 6.54. The quantitative estimate of drug-likeness (QED) is 0.533. The van der Waals surface area contributed by atoms with Crippen LogP contribution in [-0.4, -0.2) is 23.5 Å². The fourth-order valence-corrected chi connectivity index (χ4v) is 2.54. The number of benzene rings is 2. The molecule has 0 aliphatic rings. The molecular weight excluding hydrogens is 410 g/mol. The molecule has 132 valence electrons. The van der Waals surface area contributed by atoms with Gasteiger partial charge in [-0.1, -0.05) is 23.7 Å². The average Bonchev–Trinajstić information content (AvgIpc) is 2.57. The van der Waals surface area contributed by atoms with Crippen LogP contribution in [0, 0.1) is 0 Å². The molecule has 0 bridgehead atoms. The van der Waals surface area contributed by atoms with E-state index in [4.69, 9.17) is 22.4 Å². The van der Waals surface area contributed by atoms with E-state index in [0.29, 0.717) is 27.4 Å². The molecule has 2 aromatic carbocycles. The van der Waals surface area contributed by atoms with Crippen LogP contribution in [0.3, 0.4) is 0 Å². The number of nitrogen functional groups attached to an aromatic ring is 1. The molecular formula is C17H17BrClN3O3. The van der Waals surface area contributed by atoms with Crippen molar-refractivity contribution in [2.45, 2.75) is 13.0 Å². The lowest BCUT2D eigenvalue weighted by molar-refractivity contribution is -0.116. The first-order chi connectivity index (χ1) is 11.9. The predicted octanol–water partition coefficient (Wildman–Crippen LogP) is 2.94. The minimum absolute atomic E-state index is 0.0617. The Morgan fingerprint density at radius 1 is 1.20 bits per heavy atom. The summed E-state index contributed by atoms with van der Waals surface area (Å²) in [5, 5.41) is 14.8. The molecule has 0 aliphatic carbocycles. The molecule has 0 spiro atoms. The lowest BCUT2D eigenvalue weighted by atomic mass is 10.1. The second-order valence-electron chi connectivity index (χ2n) is 5.25. The zero-order valence-corrected chi connectivity index (χ0v) is 15.5. The van der Waals surface area contributed by atoms with Gasteiger partial charge in [0.05, 0.1) is 24.3 Å². The van der Waals surface area contributed by atoms with E-state index < -0.39 is 5.91 Å². The van der Waals surface area contributed by atoms with Gasteiger partial charge in [0, 0.05) is 21.7 Å². The van der Waals surface area contributed by atoms with E-state index in [1.165, 1.54) is 6.07 Å². The van der Waals surface area contributed by atoms with E-state index in [1.54, 1.807) is 18.2 Å². The summed E-state index contributed by atoms with van der Waals surface area (Å²) >= 11 is 9.10. The van der Waals surface area contributed by atoms with E-state index >= 15 is 0 Å². The van der Waals surface area contributed by atoms with Crippen molar-refractivity contribution in [1.82, 2.24) is 5.32 Å². The molecule has 0 heterocycles. The fraction of sp³-hybridized carbons (Fsp3) is 0.176. The van der Waals surface area contributed by atoms with E-state index in [9.17, 15) is 9.59 Å². The summed E-state index contributed by atoms with van der Waals surface area (Å²) in [5.41, 5.74) is 7.65. The van der Waals surface area contributed by atoms with Crippen molar-refractivity contribution in [3.8, 4) is 0 Å². The first kappa shape index (κ1) is 19.2. The van der Waals surface area contributed by atoms with Gasteiger partial charge >= 0.3 is 0 Å². The maximum Gasteiger partial charge on any atom is 0.253 e. The molecule has 0 atom stereocenters. The normalized spacial score (nSPS) is 10.4. The van der Waals surface area contributed by atoms with Crippen molar-refractivity contribution in [3.05, 3.63) is 57.0 Å². The number of anilines is 2. The highest BCUT2D eigenvalue weighted by atomic mass is 79.9. The number of nitrogens with one attached hydrogen (secondary N) is 2. The monoisotopic (exact) mass is 425 g/mol. The van der Waals surface area contributed by atoms with Gasteiger partial charge in [0.15, 0.2) is 0 Å². The Balaban J connectivity index is 2.17. The number of amides is 2. The Hall–Kier alpha value is -2.09. The number of rotatable bonds is 6. The van der Waals surface area contributed by atoms with Crippen molar-refractivity contribution in [3.63, 3.8) is 0 Å². The number of aliphatic hydroxyl groups excluding tert-OH is 1. The largest absolute Gasteiger partial charge is 0.398 e. The third-order valence-corrected chi connectivity index (χ3v) is 4.30. The minimum atomic E-state index is -0.397. The molecule has 0 unspecified atom stereocenters. The van der Waals surface area contributed by atoms with Gasteiger partial charge in [-0.05, 0) is 45.8 Å². The molecule has 0 radical (unpaired) electrons. The molecule has 2 rings (SSSR count). The van der Waals surface area contributed by atoms with Crippen LogP contribution in [0.2, 0.25) is 5.02 Å². The predicted molar refractivity (Wildman–Crippen MR) is 102 cm³/mol. The zero-order valence-electron chi connectivity index (χ0n) is 13.2. The number of carbonyl (C=O) groups excluding carboxylic acids is 2. The van der Waals surface area contributed by atoms with Crippen molar-refractivity contribution in [2.75, 3.05) is 17.7 Å². The SMILES string of the molecule is Nc1cc(C(=O)NCc2ccc(Cl)cc2)c(NC(=O)CCO)cc1Br. The van der Waals surface area contributed by atoms with Gasteiger partial charge < -0.3 is 21.5 Å². The summed E-state index contributed by atoms with van der Waals surface area (Å²) in [6.45, 7) is 0.0239. The molecule has 2 aromatic rings. The van der Waals surface area contributed by atoms with Crippen LogP contribution >= 0.6 is 27.5 Å². The number of hydrogen-bond acceptors (Lipinski definition) is 4. The summed E-state index contributed by atoms with van der Waals surface area (Å²) in [6, 6.07) is 10.1. The van der Waals surface area contributed by atoms with Gasteiger partial charge in [-0.15, -0.1) is 0 Å². The zero-order chi connectivity index (χ0) is 18.4. The standard InChI is InChI=1S/C17H17BrClN3O3/c18-13-8-15(22-16(24)5-6-23)12(7-14(13)20)17(25)21-9-10-1-3-11(19)4-2-10/h1-4,7-8,23H,5-6,9,20H2,(H,21,25)(H,22,24). The van der Waals surface area contributed by atoms with Crippen molar-refractivity contribution < 1.29 is 14.7 Å². The molecule has 25 heavy (non-hydrogen) atoms. The molecule has 0 aliphatic heterocycles. The number of carbonyl (C=O) groups is 2. The number of nitrogens with two attached hydrogens (primary N) is 1. The maximum absolute atomic E-state index is 12.5. The van der Waals surface area contributed by atoms with Gasteiger partial charge in [0.1, 0.15) is 0 Å². The lowest BCUT2D eigenvalue weighted by Crippen LogP contribution is -2.25. The number of hydrogen-bond donors (Lipinski definition) is 4. The first-order valence-electron chi connectivity index (χ1n) is 7.43. The Bertz CT molecular complexity index is 781. The summed E-state index contributed by atoms with van der Waals surface area (Å²) in [7, 11) is 0. The van der Waals surface area contributed by atoms with Gasteiger partial charge in [0.2, 0.25) is 5.91 Å². The number of aliphatic hydroxyl groups is 1. The Kier molecular flexibility index (Phi) is 6.81. The van der Waals surface area contributed by atoms with Crippen LogP contribution in [-0.2, 0) is 11.3 Å². The summed E-state index contributed by atoms with van der Waals surface area (Å²) in [6.07, 6.45) is -0.0617. The third-order valence-electron chi connectivity index (χ3n) is 3.36. The smallest absolute Gasteiger partial charge is 0.253 e. The molecule has 6 nitrogen and oxygen atoms in total. The highest BCUT2D eigenvalue weighted by molar-refractivity contribution is 9.10. The topological polar surface area (TPSA) is 104 Å². The van der Waals surface area contributed by atoms with Gasteiger partial charge in [0.25, 0.3) is 5.91 Å². The van der Waals surface area contributed by atoms with E-state index in [2.05, 4.69) is 26.6 Å². The highest BCUT2D eigenvalue weighted by Crippen LogP contribution is 2.28. The average molecular weight is 427 g/mol. The lowest BCUT2D eigenvalue weighted by Gasteiger charge is -2.13. The second kappa shape index (κ2) is 8.84. The third kappa shape index (κ3) is 5.45. The molecule has 0 saturated carbocycles. The van der Waals surface area contributed by atoms with Gasteiger partial charge in [-0.25, -0.2) is 0 Å². The van der Waals surface area contributed by atoms with Crippen molar-refractivity contribution >= 4 is 50.7 Å². The van der Waals surface area contributed by atoms with Crippen LogP contribution < -0.4 is 16.4 Å². The van der Waals surface area contributed by atoms with Crippen LogP contribution in [0.4, 0.5) is 11.4 Å². The maximum atomic E-state index is 12.5. The van der Waals surface area contributed by atoms with Crippen LogP contribution in [0.5, 0.6) is 0 Å². The molecule has 0 saturated heterocycles. The Morgan fingerprint density at radius 3 is 2.52 bits per heavy atom.